The summed E-state index contributed by atoms with van der Waals surface area (Å²) in [6.45, 7) is 18.5. The van der Waals surface area contributed by atoms with Gasteiger partial charge in [0.1, 0.15) is 0 Å². The molecule has 0 saturated heterocycles. The molecule has 1 aliphatic heterocycles. The second-order valence-corrected chi connectivity index (χ2v) is 9.14. The summed E-state index contributed by atoms with van der Waals surface area (Å²) in [5.74, 6) is 0. The Morgan fingerprint density at radius 2 is 1.37 bits per heavy atom. The van der Waals surface area contributed by atoms with Crippen molar-refractivity contribution in [3.63, 3.8) is 0 Å². The van der Waals surface area contributed by atoms with Gasteiger partial charge in [-0.2, -0.15) is 0 Å². The zero-order valence-electron chi connectivity index (χ0n) is 24.2. The Morgan fingerprint density at radius 3 is 1.91 bits per heavy atom. The molecule has 0 aromatic carbocycles. The zero-order valence-corrected chi connectivity index (χ0v) is 24.2. The van der Waals surface area contributed by atoms with Crippen molar-refractivity contribution in [3.05, 3.63) is 0 Å². The molecule has 0 fully saturated rings. The summed E-state index contributed by atoms with van der Waals surface area (Å²) >= 11 is 0. The molecule has 1 heterocycles. The van der Waals surface area contributed by atoms with Gasteiger partial charge in [0.15, 0.2) is 0 Å². The van der Waals surface area contributed by atoms with Gasteiger partial charge in [0.25, 0.3) is 0 Å². The van der Waals surface area contributed by atoms with Crippen molar-refractivity contribution in [1.29, 1.82) is 0 Å². The Kier molecular flexibility index (Phi) is 29.1. The first kappa shape index (κ1) is 36.5. The van der Waals surface area contributed by atoms with E-state index < -0.39 is 0 Å². The van der Waals surface area contributed by atoms with Gasteiger partial charge in [0.2, 0.25) is 0 Å². The van der Waals surface area contributed by atoms with E-state index in [1.165, 1.54) is 0 Å². The lowest BCUT2D eigenvalue weighted by Gasteiger charge is -2.26. The number of nitrogens with zero attached hydrogens (tertiary/aromatic N) is 6. The van der Waals surface area contributed by atoms with Crippen molar-refractivity contribution in [3.8, 4) is 0 Å². The van der Waals surface area contributed by atoms with Crippen LogP contribution in [0.25, 0.3) is 0 Å². The topological polar surface area (TPSA) is 93.1 Å². The summed E-state index contributed by atoms with van der Waals surface area (Å²) in [7, 11) is 10.3. The Bertz CT molecular complexity index is 442. The SMILES string of the molecule is CCN(C)C.CCNC.CN1CCNCCN(CCO)CCN(C)CCN=CCN(CCO)CC1. The first-order valence-corrected chi connectivity index (χ1v) is 13.4. The maximum atomic E-state index is 9.25. The van der Waals surface area contributed by atoms with E-state index in [-0.39, 0.29) is 13.2 Å². The fraction of sp³-hybridized carbons (Fsp3) is 0.960. The normalized spacial score (nSPS) is 19.3. The molecule has 35 heavy (non-hydrogen) atoms. The van der Waals surface area contributed by atoms with Crippen LogP contribution in [0.2, 0.25) is 0 Å². The Labute approximate surface area is 217 Å². The number of nitrogens with one attached hydrogen (secondary N) is 2. The minimum Gasteiger partial charge on any atom is -0.395 e. The molecule has 0 aromatic rings. The Hall–Kier alpha value is -0.690. The van der Waals surface area contributed by atoms with Crippen LogP contribution in [0, 0.1) is 0 Å². The van der Waals surface area contributed by atoms with E-state index in [0.717, 1.165) is 91.6 Å². The summed E-state index contributed by atoms with van der Waals surface area (Å²) in [6, 6.07) is 0. The molecule has 10 heteroatoms. The van der Waals surface area contributed by atoms with Crippen LogP contribution in [0.3, 0.4) is 0 Å². The minimum absolute atomic E-state index is 0.187. The smallest absolute Gasteiger partial charge is 0.0558 e. The number of aliphatic imine (C=N–C) groups is 1. The van der Waals surface area contributed by atoms with Crippen LogP contribution in [0.15, 0.2) is 4.99 Å². The van der Waals surface area contributed by atoms with Gasteiger partial charge in [-0.15, -0.1) is 0 Å². The van der Waals surface area contributed by atoms with Crippen molar-refractivity contribution in [2.75, 3.05) is 147 Å². The highest BCUT2D eigenvalue weighted by Crippen LogP contribution is 1.93. The van der Waals surface area contributed by atoms with Crippen LogP contribution < -0.4 is 10.6 Å². The molecule has 0 aliphatic carbocycles. The fourth-order valence-corrected chi connectivity index (χ4v) is 2.89. The molecule has 0 atom stereocenters. The number of hydrogen-bond acceptors (Lipinski definition) is 10. The van der Waals surface area contributed by atoms with E-state index in [0.29, 0.717) is 6.54 Å². The molecular formula is C25H60N8O2. The molecule has 0 aromatic heterocycles. The maximum Gasteiger partial charge on any atom is 0.0558 e. The number of likely N-dealkylation sites (N-methyl/N-ethyl adjacent to an activating group) is 2. The summed E-state index contributed by atoms with van der Waals surface area (Å²) < 4.78 is 0. The molecule has 0 amide bonds. The van der Waals surface area contributed by atoms with Crippen molar-refractivity contribution in [1.82, 2.24) is 35.1 Å². The second-order valence-electron chi connectivity index (χ2n) is 9.14. The Morgan fingerprint density at radius 1 is 0.857 bits per heavy atom. The van der Waals surface area contributed by atoms with Crippen LogP contribution in [-0.4, -0.2) is 188 Å². The molecule has 0 bridgehead atoms. The molecule has 1 rings (SSSR count). The highest BCUT2D eigenvalue weighted by Gasteiger charge is 2.08. The third kappa shape index (κ3) is 27.7. The van der Waals surface area contributed by atoms with Gasteiger partial charge in [0, 0.05) is 84.8 Å². The average Bonchev–Trinajstić information content (AvgIpc) is 2.85. The maximum absolute atomic E-state index is 9.25. The van der Waals surface area contributed by atoms with Crippen molar-refractivity contribution >= 4 is 6.21 Å². The largest absolute Gasteiger partial charge is 0.395 e. The molecule has 1 aliphatic rings. The molecule has 4 N–H and O–H groups in total. The molecule has 0 radical (unpaired) electrons. The van der Waals surface area contributed by atoms with Crippen molar-refractivity contribution < 1.29 is 10.2 Å². The van der Waals surface area contributed by atoms with Crippen LogP contribution in [0.5, 0.6) is 0 Å². The van der Waals surface area contributed by atoms with Gasteiger partial charge in [-0.3, -0.25) is 14.8 Å². The lowest BCUT2D eigenvalue weighted by molar-refractivity contribution is 0.177. The van der Waals surface area contributed by atoms with Crippen molar-refractivity contribution in [2.45, 2.75) is 13.8 Å². The van der Waals surface area contributed by atoms with Crippen LogP contribution in [0.1, 0.15) is 13.8 Å². The van der Waals surface area contributed by atoms with Gasteiger partial charge in [-0.25, -0.2) is 0 Å². The van der Waals surface area contributed by atoms with Crippen LogP contribution >= 0.6 is 0 Å². The predicted octanol–water partition coefficient (Wildman–Crippen LogP) is -1.09. The summed E-state index contributed by atoms with van der Waals surface area (Å²) in [4.78, 5) is 15.8. The summed E-state index contributed by atoms with van der Waals surface area (Å²) in [5, 5.41) is 24.9. The number of β-amino-alcohol motifs (C(OH)–C–C–N with tert-alkyl or cyclic N) is 2. The molecule has 212 valence electrons. The standard InChI is InChI=1S/C18H40N6O2.C4H11N.C3H9N/c1-21-7-3-19-5-10-24(16-18-26)14-12-22(2)8-4-20-6-9-23(13-11-21)15-17-25;1-4-5(2)3;1-3-4-2/h5,20,25-26H,3-4,6-18H2,1-2H3;4H2,1-3H3;4H,3H2,1-2H3. The molecule has 0 saturated carbocycles. The fourth-order valence-electron chi connectivity index (χ4n) is 2.89. The third-order valence-corrected chi connectivity index (χ3v) is 5.77. The van der Waals surface area contributed by atoms with E-state index in [1.807, 2.05) is 13.3 Å². The zero-order chi connectivity index (χ0) is 26.7. The minimum atomic E-state index is 0.187. The van der Waals surface area contributed by atoms with Gasteiger partial charge < -0.3 is 35.5 Å². The molecular weight excluding hydrogens is 444 g/mol. The van der Waals surface area contributed by atoms with E-state index >= 15 is 0 Å². The van der Waals surface area contributed by atoms with Gasteiger partial charge in [0.05, 0.1) is 19.8 Å². The predicted molar refractivity (Wildman–Crippen MR) is 152 cm³/mol. The van der Waals surface area contributed by atoms with E-state index in [4.69, 9.17) is 0 Å². The summed E-state index contributed by atoms with van der Waals surface area (Å²) in [5.41, 5.74) is 0. The highest BCUT2D eigenvalue weighted by molar-refractivity contribution is 5.59. The molecule has 0 spiro atoms. The molecule has 0 unspecified atom stereocenters. The number of hydrogen-bond donors (Lipinski definition) is 4. The average molecular weight is 505 g/mol. The van der Waals surface area contributed by atoms with E-state index in [2.05, 4.69) is 82.2 Å². The molecule has 10 nitrogen and oxygen atoms in total. The number of rotatable bonds is 6. The van der Waals surface area contributed by atoms with Gasteiger partial charge >= 0.3 is 0 Å². The lowest BCUT2D eigenvalue weighted by Crippen LogP contribution is -2.41. The number of aliphatic hydroxyl groups excluding tert-OH is 2. The lowest BCUT2D eigenvalue weighted by atomic mass is 10.4. The summed E-state index contributed by atoms with van der Waals surface area (Å²) in [6.07, 6.45) is 1.98. The highest BCUT2D eigenvalue weighted by atomic mass is 16.3. The van der Waals surface area contributed by atoms with E-state index in [9.17, 15) is 10.2 Å². The number of aliphatic hydroxyl groups is 2. The Balaban J connectivity index is 0. The van der Waals surface area contributed by atoms with Crippen LogP contribution in [-0.2, 0) is 0 Å². The van der Waals surface area contributed by atoms with Gasteiger partial charge in [-0.1, -0.05) is 13.8 Å². The van der Waals surface area contributed by atoms with Crippen molar-refractivity contribution in [2.24, 2.45) is 4.99 Å². The quantitative estimate of drug-likeness (QED) is 0.360. The second kappa shape index (κ2) is 27.9. The van der Waals surface area contributed by atoms with E-state index in [1.54, 1.807) is 0 Å². The first-order valence-electron chi connectivity index (χ1n) is 13.4. The monoisotopic (exact) mass is 504 g/mol. The third-order valence-electron chi connectivity index (χ3n) is 5.77. The van der Waals surface area contributed by atoms with Crippen LogP contribution in [0.4, 0.5) is 0 Å². The first-order chi connectivity index (χ1) is 16.8. The van der Waals surface area contributed by atoms with Gasteiger partial charge in [-0.05, 0) is 48.3 Å².